The van der Waals surface area contributed by atoms with Gasteiger partial charge in [-0.2, -0.15) is 0 Å². The van der Waals surface area contributed by atoms with Gasteiger partial charge in [-0.3, -0.25) is 9.97 Å². The average molecular weight is 272 g/mol. The maximum absolute atomic E-state index is 5.51. The van der Waals surface area contributed by atoms with Gasteiger partial charge in [0.1, 0.15) is 4.99 Å². The fourth-order valence-corrected chi connectivity index (χ4v) is 1.90. The van der Waals surface area contributed by atoms with Crippen molar-refractivity contribution in [1.29, 1.82) is 0 Å². The third kappa shape index (κ3) is 3.48. The van der Waals surface area contributed by atoms with E-state index in [-0.39, 0.29) is 0 Å². The van der Waals surface area contributed by atoms with Crippen molar-refractivity contribution in [1.82, 2.24) is 9.97 Å². The predicted octanol–water partition coefficient (Wildman–Crippen LogP) is 2.29. The van der Waals surface area contributed by atoms with E-state index < -0.39 is 0 Å². The van der Waals surface area contributed by atoms with Crippen LogP contribution in [0.15, 0.2) is 36.7 Å². The van der Waals surface area contributed by atoms with Crippen LogP contribution in [0.25, 0.3) is 0 Å². The normalized spacial score (nSPS) is 10.2. The van der Waals surface area contributed by atoms with Crippen molar-refractivity contribution in [2.75, 3.05) is 5.32 Å². The minimum absolute atomic E-state index is 0.310. The summed E-state index contributed by atoms with van der Waals surface area (Å²) in [5.41, 5.74) is 9.37. The Morgan fingerprint density at radius 1 is 1.32 bits per heavy atom. The molecule has 0 bridgehead atoms. The van der Waals surface area contributed by atoms with E-state index in [4.69, 9.17) is 18.0 Å². The topological polar surface area (TPSA) is 63.8 Å². The lowest BCUT2D eigenvalue weighted by molar-refractivity contribution is 0.970. The molecule has 2 aromatic heterocycles. The molecule has 0 amide bonds. The second-order valence-electron chi connectivity index (χ2n) is 4.11. The van der Waals surface area contributed by atoms with E-state index >= 15 is 0 Å². The van der Waals surface area contributed by atoms with E-state index in [2.05, 4.69) is 28.3 Å². The van der Waals surface area contributed by atoms with Crippen LogP contribution in [0.4, 0.5) is 5.69 Å². The van der Waals surface area contributed by atoms with Crippen LogP contribution in [-0.2, 0) is 13.0 Å². The van der Waals surface area contributed by atoms with E-state index in [9.17, 15) is 0 Å². The first-order valence-corrected chi connectivity index (χ1v) is 6.54. The Kier molecular flexibility index (Phi) is 4.41. The second kappa shape index (κ2) is 6.24. The number of thiocarbonyl (C=S) groups is 1. The zero-order valence-corrected chi connectivity index (χ0v) is 11.6. The lowest BCUT2D eigenvalue weighted by Gasteiger charge is -2.09. The number of anilines is 1. The molecule has 0 aliphatic rings. The summed E-state index contributed by atoms with van der Waals surface area (Å²) in [5, 5.41) is 3.29. The monoisotopic (exact) mass is 272 g/mol. The minimum Gasteiger partial charge on any atom is -0.388 e. The number of hydrogen-bond donors (Lipinski definition) is 2. The van der Waals surface area contributed by atoms with Crippen LogP contribution in [0.5, 0.6) is 0 Å². The zero-order chi connectivity index (χ0) is 13.7. The molecule has 3 N–H and O–H groups in total. The van der Waals surface area contributed by atoms with E-state index in [1.165, 1.54) is 5.56 Å². The lowest BCUT2D eigenvalue weighted by Crippen LogP contribution is -2.11. The van der Waals surface area contributed by atoms with Crippen LogP contribution in [-0.4, -0.2) is 15.0 Å². The second-order valence-corrected chi connectivity index (χ2v) is 4.55. The molecule has 19 heavy (non-hydrogen) atoms. The smallest absolute Gasteiger partial charge is 0.122 e. The summed E-state index contributed by atoms with van der Waals surface area (Å²) < 4.78 is 0. The van der Waals surface area contributed by atoms with Gasteiger partial charge in [-0.05, 0) is 30.2 Å². The molecule has 2 heterocycles. The molecular formula is C14H16N4S. The van der Waals surface area contributed by atoms with Gasteiger partial charge in [0, 0.05) is 6.20 Å². The van der Waals surface area contributed by atoms with Gasteiger partial charge in [-0.15, -0.1) is 0 Å². The fraction of sp³-hybridized carbons (Fsp3) is 0.214. The third-order valence-corrected chi connectivity index (χ3v) is 3.05. The summed E-state index contributed by atoms with van der Waals surface area (Å²) in [5.74, 6) is 0. The summed E-state index contributed by atoms with van der Waals surface area (Å²) in [4.78, 5) is 8.88. The Morgan fingerprint density at radius 3 is 2.79 bits per heavy atom. The Labute approximate surface area is 118 Å². The number of nitrogens with one attached hydrogen (secondary N) is 1. The van der Waals surface area contributed by atoms with Gasteiger partial charge in [0.15, 0.2) is 0 Å². The summed E-state index contributed by atoms with van der Waals surface area (Å²) in [6.07, 6.45) is 4.51. The molecule has 0 saturated carbocycles. The molecule has 0 aromatic carbocycles. The van der Waals surface area contributed by atoms with E-state index in [0.717, 1.165) is 17.8 Å². The largest absolute Gasteiger partial charge is 0.388 e. The molecule has 0 radical (unpaired) electrons. The van der Waals surface area contributed by atoms with Crippen molar-refractivity contribution in [2.45, 2.75) is 19.9 Å². The highest BCUT2D eigenvalue weighted by Crippen LogP contribution is 2.11. The number of nitrogens with zero attached hydrogens (tertiary/aromatic N) is 2. The number of hydrogen-bond acceptors (Lipinski definition) is 4. The van der Waals surface area contributed by atoms with E-state index in [1.807, 2.05) is 24.4 Å². The molecule has 98 valence electrons. The summed E-state index contributed by atoms with van der Waals surface area (Å²) >= 11 is 4.86. The van der Waals surface area contributed by atoms with Crippen LogP contribution < -0.4 is 11.1 Å². The maximum atomic E-state index is 5.51. The van der Waals surface area contributed by atoms with Gasteiger partial charge in [-0.25, -0.2) is 0 Å². The van der Waals surface area contributed by atoms with Crippen molar-refractivity contribution in [3.8, 4) is 0 Å². The summed E-state index contributed by atoms with van der Waals surface area (Å²) in [6, 6.07) is 7.78. The number of aromatic nitrogens is 2. The van der Waals surface area contributed by atoms with Crippen molar-refractivity contribution in [3.63, 3.8) is 0 Å². The van der Waals surface area contributed by atoms with Crippen molar-refractivity contribution in [2.24, 2.45) is 5.73 Å². The molecule has 0 fully saturated rings. The fourth-order valence-electron chi connectivity index (χ4n) is 1.78. The first-order chi connectivity index (χ1) is 9.20. The number of nitrogens with two attached hydrogens (primary N) is 1. The first-order valence-electron chi connectivity index (χ1n) is 6.13. The molecule has 0 saturated heterocycles. The van der Waals surface area contributed by atoms with Crippen LogP contribution >= 0.6 is 12.2 Å². The Morgan fingerprint density at radius 2 is 2.16 bits per heavy atom. The average Bonchev–Trinajstić information content (AvgIpc) is 2.45. The standard InChI is InChI=1S/C14H16N4S/c1-2-10-4-3-7-16-13(10)9-17-11-5-6-12(14(15)19)18-8-11/h3-8,17H,2,9H2,1H3,(H2,15,19). The molecule has 2 aromatic rings. The first kappa shape index (κ1) is 13.4. The molecule has 0 atom stereocenters. The molecule has 0 spiro atoms. The van der Waals surface area contributed by atoms with Crippen molar-refractivity contribution < 1.29 is 0 Å². The van der Waals surface area contributed by atoms with Gasteiger partial charge in [0.25, 0.3) is 0 Å². The summed E-state index contributed by atoms with van der Waals surface area (Å²) in [6.45, 7) is 2.80. The Bertz CT molecular complexity index is 566. The van der Waals surface area contributed by atoms with E-state index in [1.54, 1.807) is 6.20 Å². The molecule has 4 nitrogen and oxygen atoms in total. The van der Waals surface area contributed by atoms with Crippen molar-refractivity contribution in [3.05, 3.63) is 53.6 Å². The molecule has 0 unspecified atom stereocenters. The molecule has 0 aliphatic carbocycles. The van der Waals surface area contributed by atoms with Crippen molar-refractivity contribution >= 4 is 22.9 Å². The van der Waals surface area contributed by atoms with Crippen LogP contribution in [0.1, 0.15) is 23.9 Å². The third-order valence-electron chi connectivity index (χ3n) is 2.84. The van der Waals surface area contributed by atoms with Crippen LogP contribution in [0.3, 0.4) is 0 Å². The van der Waals surface area contributed by atoms with E-state index in [0.29, 0.717) is 17.2 Å². The van der Waals surface area contributed by atoms with Gasteiger partial charge < -0.3 is 11.1 Å². The maximum Gasteiger partial charge on any atom is 0.122 e. The zero-order valence-electron chi connectivity index (χ0n) is 10.8. The molecule has 2 rings (SSSR count). The highest BCUT2D eigenvalue weighted by molar-refractivity contribution is 7.80. The lowest BCUT2D eigenvalue weighted by atomic mass is 10.1. The molecule has 5 heteroatoms. The Balaban J connectivity index is 2.04. The minimum atomic E-state index is 0.310. The highest BCUT2D eigenvalue weighted by Gasteiger charge is 2.02. The highest BCUT2D eigenvalue weighted by atomic mass is 32.1. The molecule has 0 aliphatic heterocycles. The van der Waals surface area contributed by atoms with Crippen LogP contribution in [0.2, 0.25) is 0 Å². The van der Waals surface area contributed by atoms with Gasteiger partial charge in [0.05, 0.1) is 29.8 Å². The quantitative estimate of drug-likeness (QED) is 0.818. The number of aryl methyl sites for hydroxylation is 1. The van der Waals surface area contributed by atoms with Gasteiger partial charge in [0.2, 0.25) is 0 Å². The summed E-state index contributed by atoms with van der Waals surface area (Å²) in [7, 11) is 0. The Hall–Kier alpha value is -2.01. The predicted molar refractivity (Wildman–Crippen MR) is 81.1 cm³/mol. The van der Waals surface area contributed by atoms with Gasteiger partial charge in [-0.1, -0.05) is 25.2 Å². The molecular weight excluding hydrogens is 256 g/mol. The SMILES string of the molecule is CCc1cccnc1CNc1ccc(C(N)=S)nc1. The number of rotatable bonds is 5. The van der Waals surface area contributed by atoms with Gasteiger partial charge >= 0.3 is 0 Å². The van der Waals surface area contributed by atoms with Crippen LogP contribution in [0, 0.1) is 0 Å². The number of pyridine rings is 2.